The van der Waals surface area contributed by atoms with Crippen LogP contribution >= 0.6 is 0 Å². The molecule has 0 aliphatic carbocycles. The Bertz CT molecular complexity index is 924. The zero-order valence-corrected chi connectivity index (χ0v) is 15.3. The molecule has 10 heteroatoms. The quantitative estimate of drug-likeness (QED) is 0.806. The number of hydrogen-bond donors (Lipinski definition) is 2. The lowest BCUT2D eigenvalue weighted by atomic mass is 9.74. The van der Waals surface area contributed by atoms with Crippen molar-refractivity contribution in [1.82, 2.24) is 9.97 Å². The number of rotatable bonds is 4. The summed E-state index contributed by atoms with van der Waals surface area (Å²) >= 11 is 0. The summed E-state index contributed by atoms with van der Waals surface area (Å²) in [6.45, 7) is 0. The van der Waals surface area contributed by atoms with Crippen LogP contribution in [0, 0.1) is 5.92 Å². The van der Waals surface area contributed by atoms with Crippen molar-refractivity contribution < 1.29 is 32.5 Å². The van der Waals surface area contributed by atoms with Crippen LogP contribution in [-0.2, 0) is 15.7 Å². The van der Waals surface area contributed by atoms with Gasteiger partial charge in [0, 0.05) is 30.8 Å². The highest BCUT2D eigenvalue weighted by molar-refractivity contribution is 5.93. The first kappa shape index (κ1) is 19.6. The summed E-state index contributed by atoms with van der Waals surface area (Å²) in [5.74, 6) is -1.56. The molecule has 0 radical (unpaired) electrons. The van der Waals surface area contributed by atoms with Gasteiger partial charge in [0.05, 0.1) is 36.9 Å². The predicted octanol–water partition coefficient (Wildman–Crippen LogP) is 2.37. The first-order chi connectivity index (χ1) is 13.8. The number of pyridine rings is 2. The van der Waals surface area contributed by atoms with Gasteiger partial charge in [0.2, 0.25) is 11.8 Å². The zero-order chi connectivity index (χ0) is 20.8. The minimum atomic E-state index is -4.54. The van der Waals surface area contributed by atoms with Crippen LogP contribution in [0.4, 0.5) is 19.0 Å². The SMILES string of the molecule is COc1cc([C@H]2[C@H]3O[C@H](C[C@@H]3O)[C@@H]2C(=O)Nc2cc(C(F)(F)F)ccn2)ccn1. The van der Waals surface area contributed by atoms with E-state index in [1.165, 1.54) is 13.3 Å². The topological polar surface area (TPSA) is 93.6 Å². The Morgan fingerprint density at radius 1 is 1.28 bits per heavy atom. The number of aromatic nitrogens is 2. The summed E-state index contributed by atoms with van der Waals surface area (Å²) in [7, 11) is 1.46. The maximum Gasteiger partial charge on any atom is 0.416 e. The fourth-order valence-electron chi connectivity index (χ4n) is 4.07. The number of hydrogen-bond acceptors (Lipinski definition) is 6. The van der Waals surface area contributed by atoms with Crippen LogP contribution in [-0.4, -0.2) is 46.4 Å². The molecule has 4 heterocycles. The predicted molar refractivity (Wildman–Crippen MR) is 94.2 cm³/mol. The highest BCUT2D eigenvalue weighted by atomic mass is 19.4. The van der Waals surface area contributed by atoms with E-state index in [1.807, 2.05) is 0 Å². The van der Waals surface area contributed by atoms with Crippen molar-refractivity contribution in [3.05, 3.63) is 47.8 Å². The van der Waals surface area contributed by atoms with Crippen LogP contribution in [0.2, 0.25) is 0 Å². The molecule has 5 atom stereocenters. The fourth-order valence-corrected chi connectivity index (χ4v) is 4.07. The van der Waals surface area contributed by atoms with E-state index in [0.29, 0.717) is 11.4 Å². The Morgan fingerprint density at radius 2 is 2.03 bits per heavy atom. The Morgan fingerprint density at radius 3 is 2.76 bits per heavy atom. The zero-order valence-electron chi connectivity index (χ0n) is 15.3. The molecule has 2 aliphatic rings. The van der Waals surface area contributed by atoms with Crippen molar-refractivity contribution >= 4 is 11.7 Å². The molecule has 29 heavy (non-hydrogen) atoms. The first-order valence-corrected chi connectivity index (χ1v) is 8.95. The van der Waals surface area contributed by atoms with Crippen molar-refractivity contribution in [2.75, 3.05) is 12.4 Å². The van der Waals surface area contributed by atoms with Crippen molar-refractivity contribution in [2.24, 2.45) is 5.92 Å². The normalized spacial score (nSPS) is 28.4. The smallest absolute Gasteiger partial charge is 0.416 e. The van der Waals surface area contributed by atoms with Gasteiger partial charge in [0.15, 0.2) is 0 Å². The molecule has 2 saturated heterocycles. The summed E-state index contributed by atoms with van der Waals surface area (Å²) in [5.41, 5.74) is -0.210. The minimum absolute atomic E-state index is 0.195. The molecule has 2 N–H and O–H groups in total. The van der Waals surface area contributed by atoms with Crippen molar-refractivity contribution in [3.8, 4) is 5.88 Å². The molecule has 0 unspecified atom stereocenters. The van der Waals surface area contributed by atoms with Gasteiger partial charge in [-0.3, -0.25) is 4.79 Å². The van der Waals surface area contributed by atoms with Gasteiger partial charge in [-0.15, -0.1) is 0 Å². The fraction of sp³-hybridized carbons (Fsp3) is 0.421. The van der Waals surface area contributed by atoms with Gasteiger partial charge >= 0.3 is 6.18 Å². The number of anilines is 1. The molecule has 2 bridgehead atoms. The number of nitrogens with zero attached hydrogens (tertiary/aromatic N) is 2. The number of aliphatic hydroxyl groups is 1. The van der Waals surface area contributed by atoms with Crippen LogP contribution in [0.5, 0.6) is 5.88 Å². The van der Waals surface area contributed by atoms with E-state index in [1.54, 1.807) is 12.1 Å². The maximum atomic E-state index is 13.0. The average molecular weight is 409 g/mol. The number of fused-ring (bicyclic) bond motifs is 2. The van der Waals surface area contributed by atoms with Gasteiger partial charge in [-0.2, -0.15) is 13.2 Å². The van der Waals surface area contributed by atoms with E-state index < -0.39 is 47.8 Å². The number of nitrogens with one attached hydrogen (secondary N) is 1. The Labute approximate surface area is 163 Å². The summed E-state index contributed by atoms with van der Waals surface area (Å²) in [6, 6.07) is 4.97. The molecular weight excluding hydrogens is 391 g/mol. The summed E-state index contributed by atoms with van der Waals surface area (Å²) in [5, 5.41) is 12.7. The third kappa shape index (κ3) is 3.65. The molecule has 2 aromatic rings. The number of carbonyl (C=O) groups excluding carboxylic acids is 1. The van der Waals surface area contributed by atoms with Crippen LogP contribution in [0.1, 0.15) is 23.5 Å². The standard InChI is InChI=1S/C19H18F3N3O4/c1-28-14-6-9(2-4-24-14)15-16(12-8-11(26)17(15)29-12)18(27)25-13-7-10(3-5-23-13)19(20,21)22/h2-7,11-12,15-17,26H,8H2,1H3,(H,23,25,27)/t11-,12+,15+,16-,17-/m0/s1. The second-order valence-corrected chi connectivity index (χ2v) is 7.04. The van der Waals surface area contributed by atoms with E-state index in [0.717, 1.165) is 18.3 Å². The van der Waals surface area contributed by atoms with Gasteiger partial charge in [-0.1, -0.05) is 0 Å². The molecule has 2 fully saturated rings. The molecular formula is C19H18F3N3O4. The van der Waals surface area contributed by atoms with Crippen molar-refractivity contribution in [3.63, 3.8) is 0 Å². The lowest BCUT2D eigenvalue weighted by molar-refractivity contribution is -0.137. The monoisotopic (exact) mass is 409 g/mol. The number of alkyl halides is 3. The summed E-state index contributed by atoms with van der Waals surface area (Å²) < 4.78 is 49.7. The molecule has 2 aromatic heterocycles. The van der Waals surface area contributed by atoms with Crippen LogP contribution < -0.4 is 10.1 Å². The van der Waals surface area contributed by atoms with Gasteiger partial charge < -0.3 is 19.9 Å². The lowest BCUT2D eigenvalue weighted by Crippen LogP contribution is -2.41. The van der Waals surface area contributed by atoms with Crippen LogP contribution in [0.3, 0.4) is 0 Å². The molecule has 0 spiro atoms. The van der Waals surface area contributed by atoms with E-state index in [4.69, 9.17) is 9.47 Å². The Balaban J connectivity index is 1.61. The van der Waals surface area contributed by atoms with Gasteiger partial charge in [0.1, 0.15) is 5.82 Å². The summed E-state index contributed by atoms with van der Waals surface area (Å²) in [6.07, 6.45) is -3.64. The van der Waals surface area contributed by atoms with Crippen molar-refractivity contribution in [1.29, 1.82) is 0 Å². The van der Waals surface area contributed by atoms with Gasteiger partial charge in [-0.05, 0) is 23.8 Å². The van der Waals surface area contributed by atoms with E-state index in [9.17, 15) is 23.1 Å². The highest BCUT2D eigenvalue weighted by Crippen LogP contribution is 2.49. The molecule has 7 nitrogen and oxygen atoms in total. The van der Waals surface area contributed by atoms with E-state index >= 15 is 0 Å². The lowest BCUT2D eigenvalue weighted by Gasteiger charge is -2.30. The molecule has 4 rings (SSSR count). The molecule has 1 amide bonds. The average Bonchev–Trinajstić information content (AvgIpc) is 3.24. The first-order valence-electron chi connectivity index (χ1n) is 8.95. The Hall–Kier alpha value is -2.72. The van der Waals surface area contributed by atoms with E-state index in [-0.39, 0.29) is 12.2 Å². The third-order valence-corrected chi connectivity index (χ3v) is 5.32. The number of methoxy groups -OCH3 is 1. The molecule has 154 valence electrons. The maximum absolute atomic E-state index is 13.0. The highest BCUT2D eigenvalue weighted by Gasteiger charge is 2.57. The second-order valence-electron chi connectivity index (χ2n) is 7.04. The van der Waals surface area contributed by atoms with Crippen LogP contribution in [0.25, 0.3) is 0 Å². The van der Waals surface area contributed by atoms with Gasteiger partial charge in [0.25, 0.3) is 0 Å². The van der Waals surface area contributed by atoms with E-state index in [2.05, 4.69) is 15.3 Å². The number of carbonyl (C=O) groups is 1. The number of halogens is 3. The van der Waals surface area contributed by atoms with Crippen molar-refractivity contribution in [2.45, 2.75) is 36.8 Å². The molecule has 2 aliphatic heterocycles. The minimum Gasteiger partial charge on any atom is -0.481 e. The molecule has 0 saturated carbocycles. The molecule has 0 aromatic carbocycles. The van der Waals surface area contributed by atoms with Crippen LogP contribution in [0.15, 0.2) is 36.7 Å². The largest absolute Gasteiger partial charge is 0.481 e. The number of ether oxygens (including phenoxy) is 2. The number of aliphatic hydroxyl groups excluding tert-OH is 1. The summed E-state index contributed by atoms with van der Waals surface area (Å²) in [4.78, 5) is 20.8. The number of amides is 1. The van der Waals surface area contributed by atoms with Gasteiger partial charge in [-0.25, -0.2) is 9.97 Å². The Kier molecular flexibility index (Phi) is 4.91. The second kappa shape index (κ2) is 7.27. The third-order valence-electron chi connectivity index (χ3n) is 5.32.